The zero-order valence-corrected chi connectivity index (χ0v) is 12.4. The van der Waals surface area contributed by atoms with Crippen molar-refractivity contribution in [2.45, 2.75) is 13.5 Å². The standard InChI is InChI=1S/C17H22N2O2/c1-15-4-2-6-17(12-15)21-11-9-19(8-10-20)14-16-5-3-7-18-13-16/h2-7,12-13,20H,8-11,14H2,1H3. The summed E-state index contributed by atoms with van der Waals surface area (Å²) in [7, 11) is 0. The summed E-state index contributed by atoms with van der Waals surface area (Å²) in [5, 5.41) is 9.17. The third-order valence-electron chi connectivity index (χ3n) is 3.21. The Morgan fingerprint density at radius 1 is 1.19 bits per heavy atom. The van der Waals surface area contributed by atoms with Gasteiger partial charge in [0.05, 0.1) is 6.61 Å². The Balaban J connectivity index is 1.82. The largest absolute Gasteiger partial charge is 0.492 e. The van der Waals surface area contributed by atoms with Gasteiger partial charge in [0, 0.05) is 32.0 Å². The average molecular weight is 286 g/mol. The summed E-state index contributed by atoms with van der Waals surface area (Å²) < 4.78 is 5.76. The molecule has 0 fully saturated rings. The molecule has 0 atom stereocenters. The molecular weight excluding hydrogens is 264 g/mol. The summed E-state index contributed by atoms with van der Waals surface area (Å²) >= 11 is 0. The zero-order valence-electron chi connectivity index (χ0n) is 12.4. The molecule has 0 radical (unpaired) electrons. The monoisotopic (exact) mass is 286 g/mol. The van der Waals surface area contributed by atoms with Gasteiger partial charge < -0.3 is 9.84 Å². The molecule has 112 valence electrons. The summed E-state index contributed by atoms with van der Waals surface area (Å²) in [6.07, 6.45) is 3.62. The Hall–Kier alpha value is -1.91. The summed E-state index contributed by atoms with van der Waals surface area (Å²) in [6, 6.07) is 12.0. The van der Waals surface area contributed by atoms with E-state index in [1.54, 1.807) is 6.20 Å². The molecule has 2 rings (SSSR count). The molecule has 0 bridgehead atoms. The van der Waals surface area contributed by atoms with Crippen molar-refractivity contribution in [3.8, 4) is 5.75 Å². The zero-order chi connectivity index (χ0) is 14.9. The highest BCUT2D eigenvalue weighted by Crippen LogP contribution is 2.12. The van der Waals surface area contributed by atoms with Crippen molar-refractivity contribution in [2.24, 2.45) is 0 Å². The maximum absolute atomic E-state index is 9.17. The van der Waals surface area contributed by atoms with Crippen LogP contribution in [0.3, 0.4) is 0 Å². The molecule has 1 aromatic carbocycles. The van der Waals surface area contributed by atoms with Gasteiger partial charge in [-0.25, -0.2) is 0 Å². The van der Waals surface area contributed by atoms with E-state index in [1.165, 1.54) is 5.56 Å². The highest BCUT2D eigenvalue weighted by molar-refractivity contribution is 5.27. The molecule has 0 spiro atoms. The van der Waals surface area contributed by atoms with Crippen LogP contribution in [0.1, 0.15) is 11.1 Å². The number of hydrogen-bond acceptors (Lipinski definition) is 4. The van der Waals surface area contributed by atoms with Crippen molar-refractivity contribution in [3.05, 3.63) is 59.9 Å². The van der Waals surface area contributed by atoms with Crippen LogP contribution in [0.15, 0.2) is 48.8 Å². The highest BCUT2D eigenvalue weighted by atomic mass is 16.5. The Kier molecular flexibility index (Phi) is 6.19. The molecular formula is C17H22N2O2. The number of aliphatic hydroxyl groups is 1. The average Bonchev–Trinajstić information content (AvgIpc) is 2.48. The first kappa shape index (κ1) is 15.5. The molecule has 0 saturated heterocycles. The number of aromatic nitrogens is 1. The number of benzene rings is 1. The fraction of sp³-hybridized carbons (Fsp3) is 0.353. The number of hydrogen-bond donors (Lipinski definition) is 1. The van der Waals surface area contributed by atoms with Crippen LogP contribution in [0.4, 0.5) is 0 Å². The van der Waals surface area contributed by atoms with Crippen LogP contribution < -0.4 is 4.74 Å². The van der Waals surface area contributed by atoms with Gasteiger partial charge in [-0.3, -0.25) is 9.88 Å². The lowest BCUT2D eigenvalue weighted by molar-refractivity contribution is 0.163. The molecule has 1 N–H and O–H groups in total. The lowest BCUT2D eigenvalue weighted by Crippen LogP contribution is -2.30. The number of pyridine rings is 1. The fourth-order valence-corrected chi connectivity index (χ4v) is 2.16. The van der Waals surface area contributed by atoms with E-state index in [-0.39, 0.29) is 6.61 Å². The minimum absolute atomic E-state index is 0.144. The van der Waals surface area contributed by atoms with Crippen LogP contribution in [0.25, 0.3) is 0 Å². The Bertz CT molecular complexity index is 531. The van der Waals surface area contributed by atoms with Gasteiger partial charge in [-0.2, -0.15) is 0 Å². The van der Waals surface area contributed by atoms with E-state index in [0.717, 1.165) is 24.4 Å². The Morgan fingerprint density at radius 3 is 2.81 bits per heavy atom. The first-order chi connectivity index (χ1) is 10.3. The molecule has 0 unspecified atom stereocenters. The third kappa shape index (κ3) is 5.53. The second-order valence-corrected chi connectivity index (χ2v) is 5.03. The Morgan fingerprint density at radius 2 is 2.10 bits per heavy atom. The number of ether oxygens (including phenoxy) is 1. The van der Waals surface area contributed by atoms with E-state index in [0.29, 0.717) is 13.2 Å². The minimum atomic E-state index is 0.144. The second kappa shape index (κ2) is 8.39. The second-order valence-electron chi connectivity index (χ2n) is 5.03. The van der Waals surface area contributed by atoms with Crippen LogP contribution in [-0.2, 0) is 6.54 Å². The van der Waals surface area contributed by atoms with Crippen LogP contribution in [0, 0.1) is 6.92 Å². The molecule has 4 heteroatoms. The molecule has 0 aliphatic rings. The summed E-state index contributed by atoms with van der Waals surface area (Å²) in [5.74, 6) is 0.889. The molecule has 1 aromatic heterocycles. The van der Waals surface area contributed by atoms with E-state index in [2.05, 4.69) is 9.88 Å². The third-order valence-corrected chi connectivity index (χ3v) is 3.21. The van der Waals surface area contributed by atoms with Gasteiger partial charge in [0.2, 0.25) is 0 Å². The van der Waals surface area contributed by atoms with Gasteiger partial charge in [0.15, 0.2) is 0 Å². The summed E-state index contributed by atoms with van der Waals surface area (Å²) in [4.78, 5) is 6.27. The van der Waals surface area contributed by atoms with Crippen molar-refractivity contribution in [1.29, 1.82) is 0 Å². The van der Waals surface area contributed by atoms with E-state index in [1.807, 2.05) is 49.5 Å². The van der Waals surface area contributed by atoms with Crippen LogP contribution in [0.2, 0.25) is 0 Å². The minimum Gasteiger partial charge on any atom is -0.492 e. The topological polar surface area (TPSA) is 45.6 Å². The molecule has 0 amide bonds. The molecule has 0 aliphatic carbocycles. The van der Waals surface area contributed by atoms with Crippen LogP contribution in [-0.4, -0.2) is 41.3 Å². The van der Waals surface area contributed by atoms with E-state index < -0.39 is 0 Å². The molecule has 0 saturated carbocycles. The highest BCUT2D eigenvalue weighted by Gasteiger charge is 2.06. The van der Waals surface area contributed by atoms with Crippen LogP contribution >= 0.6 is 0 Å². The molecule has 4 nitrogen and oxygen atoms in total. The van der Waals surface area contributed by atoms with E-state index in [4.69, 9.17) is 9.84 Å². The predicted molar refractivity (Wildman–Crippen MR) is 83.3 cm³/mol. The SMILES string of the molecule is Cc1cccc(OCCN(CCO)Cc2cccnc2)c1. The van der Waals surface area contributed by atoms with Crippen molar-refractivity contribution >= 4 is 0 Å². The van der Waals surface area contributed by atoms with Crippen LogP contribution in [0.5, 0.6) is 5.75 Å². The van der Waals surface area contributed by atoms with E-state index >= 15 is 0 Å². The number of rotatable bonds is 8. The van der Waals surface area contributed by atoms with Gasteiger partial charge in [-0.1, -0.05) is 18.2 Å². The maximum Gasteiger partial charge on any atom is 0.119 e. The smallest absolute Gasteiger partial charge is 0.119 e. The molecule has 1 heterocycles. The van der Waals surface area contributed by atoms with Crippen molar-refractivity contribution in [2.75, 3.05) is 26.3 Å². The van der Waals surface area contributed by atoms with Gasteiger partial charge in [0.1, 0.15) is 12.4 Å². The van der Waals surface area contributed by atoms with Crippen molar-refractivity contribution in [3.63, 3.8) is 0 Å². The summed E-state index contributed by atoms with van der Waals surface area (Å²) in [5.41, 5.74) is 2.33. The van der Waals surface area contributed by atoms with Crippen molar-refractivity contribution < 1.29 is 9.84 Å². The number of aryl methyl sites for hydroxylation is 1. The predicted octanol–water partition coefficient (Wildman–Crippen LogP) is 2.26. The molecule has 0 aliphatic heterocycles. The first-order valence-electron chi connectivity index (χ1n) is 7.19. The van der Waals surface area contributed by atoms with Gasteiger partial charge in [-0.05, 0) is 36.2 Å². The van der Waals surface area contributed by atoms with Gasteiger partial charge >= 0.3 is 0 Å². The number of aliphatic hydroxyl groups excluding tert-OH is 1. The summed E-state index contributed by atoms with van der Waals surface area (Å²) in [6.45, 7) is 4.96. The quantitative estimate of drug-likeness (QED) is 0.808. The first-order valence-corrected chi connectivity index (χ1v) is 7.19. The van der Waals surface area contributed by atoms with Crippen molar-refractivity contribution in [1.82, 2.24) is 9.88 Å². The molecule has 21 heavy (non-hydrogen) atoms. The van der Waals surface area contributed by atoms with Gasteiger partial charge in [-0.15, -0.1) is 0 Å². The van der Waals surface area contributed by atoms with E-state index in [9.17, 15) is 0 Å². The maximum atomic E-state index is 9.17. The number of nitrogens with zero attached hydrogens (tertiary/aromatic N) is 2. The Labute approximate surface area is 126 Å². The normalized spacial score (nSPS) is 10.8. The lowest BCUT2D eigenvalue weighted by atomic mass is 10.2. The molecule has 2 aromatic rings. The fourth-order valence-electron chi connectivity index (χ4n) is 2.16. The lowest BCUT2D eigenvalue weighted by Gasteiger charge is -2.21. The van der Waals surface area contributed by atoms with Gasteiger partial charge in [0.25, 0.3) is 0 Å².